The van der Waals surface area contributed by atoms with E-state index in [1.807, 2.05) is 42.5 Å². The lowest BCUT2D eigenvalue weighted by Gasteiger charge is -2.12. The number of hydrogen-bond donors (Lipinski definition) is 2. The lowest BCUT2D eigenvalue weighted by molar-refractivity contribution is 0.0684. The highest BCUT2D eigenvalue weighted by atomic mass is 35.5. The van der Waals surface area contributed by atoms with E-state index in [0.29, 0.717) is 30.6 Å². The summed E-state index contributed by atoms with van der Waals surface area (Å²) in [4.78, 5) is 12.4. The van der Waals surface area contributed by atoms with Gasteiger partial charge < -0.3 is 24.5 Å². The molecule has 0 aliphatic heterocycles. The molecule has 0 bridgehead atoms. The Morgan fingerprint density at radius 2 is 1.86 bits per heavy atom. The summed E-state index contributed by atoms with van der Waals surface area (Å²) in [6, 6.07) is 17.3. The molecule has 3 aromatic carbocycles. The molecule has 2 N–H and O–H groups in total. The predicted octanol–water partition coefficient (Wildman–Crippen LogP) is 5.53. The topological polar surface area (TPSA) is 72.7 Å². The van der Waals surface area contributed by atoms with E-state index in [2.05, 4.69) is 5.32 Å². The van der Waals surface area contributed by atoms with Gasteiger partial charge in [-0.25, -0.2) is 9.18 Å². The van der Waals surface area contributed by atoms with Crippen LogP contribution in [0, 0.1) is 5.82 Å². The monoisotopic (exact) mass is 496 g/mol. The van der Waals surface area contributed by atoms with Crippen molar-refractivity contribution in [1.82, 2.24) is 9.88 Å². The van der Waals surface area contributed by atoms with Gasteiger partial charge in [0.2, 0.25) is 0 Å². The van der Waals surface area contributed by atoms with Crippen LogP contribution in [0.4, 0.5) is 4.39 Å². The van der Waals surface area contributed by atoms with Crippen LogP contribution >= 0.6 is 11.6 Å². The fraction of sp³-hybridized carbons (Fsp3) is 0.222. The highest BCUT2D eigenvalue weighted by molar-refractivity contribution is 6.31. The van der Waals surface area contributed by atoms with Crippen molar-refractivity contribution in [2.75, 3.05) is 20.8 Å². The van der Waals surface area contributed by atoms with Gasteiger partial charge in [-0.1, -0.05) is 35.9 Å². The number of fused-ring (bicyclic) bond motifs is 1. The summed E-state index contributed by atoms with van der Waals surface area (Å²) >= 11 is 6.24. The number of rotatable bonds is 10. The minimum atomic E-state index is -1.04. The van der Waals surface area contributed by atoms with Crippen LogP contribution in [0.1, 0.15) is 27.2 Å². The molecular weight excluding hydrogens is 471 g/mol. The molecule has 6 nitrogen and oxygen atoms in total. The predicted molar refractivity (Wildman–Crippen MR) is 134 cm³/mol. The Balaban J connectivity index is 1.61. The third kappa shape index (κ3) is 5.26. The van der Waals surface area contributed by atoms with Crippen LogP contribution < -0.4 is 14.8 Å². The van der Waals surface area contributed by atoms with E-state index in [-0.39, 0.29) is 17.3 Å². The van der Waals surface area contributed by atoms with Crippen LogP contribution in [0.15, 0.2) is 60.7 Å². The van der Waals surface area contributed by atoms with Crippen molar-refractivity contribution in [2.24, 2.45) is 0 Å². The number of nitrogens with one attached hydrogen (secondary N) is 1. The number of para-hydroxylation sites is 1. The van der Waals surface area contributed by atoms with Crippen molar-refractivity contribution < 1.29 is 23.8 Å². The van der Waals surface area contributed by atoms with Crippen LogP contribution in [0.25, 0.3) is 10.9 Å². The largest absolute Gasteiger partial charge is 0.497 e. The molecule has 0 saturated heterocycles. The van der Waals surface area contributed by atoms with E-state index < -0.39 is 11.8 Å². The summed E-state index contributed by atoms with van der Waals surface area (Å²) in [6.07, 6.45) is 0.673. The zero-order valence-electron chi connectivity index (χ0n) is 19.5. The molecule has 0 atom stereocenters. The standard InChI is InChI=1S/C27H26ClFN2O4/c1-34-20-9-10-25(35-2)17(13-20)11-12-30-15-22-21-5-3-4-6-24(21)31(26(22)27(32)33)16-18-7-8-19(29)14-23(18)28/h3-10,13-14,30H,11-12,15-16H2,1-2H3,(H,32,33). The Morgan fingerprint density at radius 3 is 2.57 bits per heavy atom. The van der Waals surface area contributed by atoms with Gasteiger partial charge >= 0.3 is 5.97 Å². The third-order valence-electron chi connectivity index (χ3n) is 5.98. The molecule has 0 aliphatic rings. The van der Waals surface area contributed by atoms with Crippen molar-refractivity contribution in [1.29, 1.82) is 0 Å². The molecule has 0 saturated carbocycles. The van der Waals surface area contributed by atoms with Crippen molar-refractivity contribution >= 4 is 28.5 Å². The van der Waals surface area contributed by atoms with Gasteiger partial charge in [-0.05, 0) is 60.5 Å². The highest BCUT2D eigenvalue weighted by Crippen LogP contribution is 2.29. The minimum absolute atomic E-state index is 0.179. The molecule has 0 spiro atoms. The Bertz CT molecular complexity index is 1370. The second-order valence-electron chi connectivity index (χ2n) is 8.08. The summed E-state index contributed by atoms with van der Waals surface area (Å²) in [5.74, 6) is 0.0425. The number of ether oxygens (including phenoxy) is 2. The number of benzene rings is 3. The summed E-state index contributed by atoms with van der Waals surface area (Å²) in [5, 5.41) is 14.6. The molecule has 0 radical (unpaired) electrons. The maximum absolute atomic E-state index is 13.5. The first-order valence-electron chi connectivity index (χ1n) is 11.1. The molecule has 0 aliphatic carbocycles. The Morgan fingerprint density at radius 1 is 1.06 bits per heavy atom. The molecule has 0 amide bonds. The van der Waals surface area contributed by atoms with Gasteiger partial charge in [-0.15, -0.1) is 0 Å². The number of aromatic carboxylic acids is 1. The molecule has 0 unspecified atom stereocenters. The third-order valence-corrected chi connectivity index (χ3v) is 6.33. The number of carboxylic acids is 1. The lowest BCUT2D eigenvalue weighted by Crippen LogP contribution is -2.20. The fourth-order valence-corrected chi connectivity index (χ4v) is 4.52. The first-order valence-corrected chi connectivity index (χ1v) is 11.5. The SMILES string of the molecule is COc1ccc(OC)c(CCNCc2c(C(=O)O)n(Cc3ccc(F)cc3Cl)c3ccccc23)c1. The normalized spacial score (nSPS) is 11.1. The Labute approximate surface area is 207 Å². The summed E-state index contributed by atoms with van der Waals surface area (Å²) < 4.78 is 26.0. The lowest BCUT2D eigenvalue weighted by atomic mass is 10.1. The number of nitrogens with zero attached hydrogens (tertiary/aromatic N) is 1. The van der Waals surface area contributed by atoms with Crippen molar-refractivity contribution in [3.05, 3.63) is 93.9 Å². The van der Waals surface area contributed by atoms with Crippen molar-refractivity contribution in [2.45, 2.75) is 19.5 Å². The van der Waals surface area contributed by atoms with Gasteiger partial charge in [0.25, 0.3) is 0 Å². The van der Waals surface area contributed by atoms with Crippen molar-refractivity contribution in [3.8, 4) is 11.5 Å². The second-order valence-corrected chi connectivity index (χ2v) is 8.48. The molecule has 4 aromatic rings. The van der Waals surface area contributed by atoms with Crippen molar-refractivity contribution in [3.63, 3.8) is 0 Å². The zero-order valence-corrected chi connectivity index (χ0v) is 20.2. The number of carboxylic acid groups (broad SMARTS) is 1. The van der Waals surface area contributed by atoms with E-state index in [4.69, 9.17) is 21.1 Å². The van der Waals surface area contributed by atoms with E-state index in [9.17, 15) is 14.3 Å². The molecule has 35 heavy (non-hydrogen) atoms. The fourth-order valence-electron chi connectivity index (χ4n) is 4.30. The van der Waals surface area contributed by atoms with Crippen LogP contribution in [0.2, 0.25) is 5.02 Å². The van der Waals surface area contributed by atoms with E-state index in [0.717, 1.165) is 28.0 Å². The van der Waals surface area contributed by atoms with Gasteiger partial charge in [-0.2, -0.15) is 0 Å². The van der Waals surface area contributed by atoms with Gasteiger partial charge in [0.05, 0.1) is 14.2 Å². The Kier molecular flexibility index (Phi) is 7.58. The van der Waals surface area contributed by atoms with Crippen LogP contribution in [0.5, 0.6) is 11.5 Å². The smallest absolute Gasteiger partial charge is 0.352 e. The van der Waals surface area contributed by atoms with Gasteiger partial charge in [0.1, 0.15) is 23.0 Å². The maximum Gasteiger partial charge on any atom is 0.352 e. The second kappa shape index (κ2) is 10.8. The van der Waals surface area contributed by atoms with Crippen LogP contribution in [-0.4, -0.2) is 36.4 Å². The summed E-state index contributed by atoms with van der Waals surface area (Å²) in [6.45, 7) is 1.17. The Hall–Kier alpha value is -3.55. The van der Waals surface area contributed by atoms with Gasteiger partial charge in [-0.3, -0.25) is 0 Å². The molecule has 1 heterocycles. The number of aromatic nitrogens is 1. The number of halogens is 2. The molecule has 8 heteroatoms. The maximum atomic E-state index is 13.5. The molecule has 182 valence electrons. The summed E-state index contributed by atoms with van der Waals surface area (Å²) in [5.41, 5.74) is 3.27. The molecular formula is C27H26ClFN2O4. The number of carbonyl (C=O) groups is 1. The molecule has 4 rings (SSSR count). The van der Waals surface area contributed by atoms with Gasteiger partial charge in [0.15, 0.2) is 0 Å². The number of hydrogen-bond acceptors (Lipinski definition) is 4. The van der Waals surface area contributed by atoms with E-state index in [1.165, 1.54) is 12.1 Å². The first-order chi connectivity index (χ1) is 16.9. The van der Waals surface area contributed by atoms with E-state index in [1.54, 1.807) is 24.9 Å². The quantitative estimate of drug-likeness (QED) is 0.282. The zero-order chi connectivity index (χ0) is 24.9. The van der Waals surface area contributed by atoms with Crippen LogP contribution in [0.3, 0.4) is 0 Å². The number of methoxy groups -OCH3 is 2. The van der Waals surface area contributed by atoms with Gasteiger partial charge in [0, 0.05) is 34.6 Å². The first kappa shape index (κ1) is 24.6. The average Bonchev–Trinajstić information content (AvgIpc) is 3.16. The molecule has 1 aromatic heterocycles. The minimum Gasteiger partial charge on any atom is -0.497 e. The van der Waals surface area contributed by atoms with Crippen LogP contribution in [-0.2, 0) is 19.5 Å². The summed E-state index contributed by atoms with van der Waals surface area (Å²) in [7, 11) is 3.24. The average molecular weight is 497 g/mol. The van der Waals surface area contributed by atoms with E-state index >= 15 is 0 Å². The molecule has 0 fully saturated rings. The highest BCUT2D eigenvalue weighted by Gasteiger charge is 2.22.